The Hall–Kier alpha value is -0.640. The largest absolute Gasteiger partial charge is 0.359 e. The van der Waals surface area contributed by atoms with Gasteiger partial charge in [0.2, 0.25) is 5.91 Å². The van der Waals surface area contributed by atoms with E-state index in [4.69, 9.17) is 12.2 Å². The minimum atomic E-state index is 0.182. The zero-order valence-electron chi connectivity index (χ0n) is 7.04. The molecule has 2 rings (SSSR count). The van der Waals surface area contributed by atoms with Crippen molar-refractivity contribution in [3.63, 3.8) is 0 Å². The maximum absolute atomic E-state index is 11.6. The van der Waals surface area contributed by atoms with E-state index in [1.165, 1.54) is 0 Å². The van der Waals surface area contributed by atoms with Crippen molar-refractivity contribution in [3.05, 3.63) is 0 Å². The van der Waals surface area contributed by atoms with Crippen LogP contribution in [0.3, 0.4) is 0 Å². The first-order valence-electron chi connectivity index (χ1n) is 4.28. The summed E-state index contributed by atoms with van der Waals surface area (Å²) in [5.41, 5.74) is 0. The van der Waals surface area contributed by atoms with Gasteiger partial charge in [0.05, 0.1) is 5.92 Å². The van der Waals surface area contributed by atoms with Gasteiger partial charge in [-0.2, -0.15) is 0 Å². The first-order chi connectivity index (χ1) is 5.70. The molecule has 1 aliphatic heterocycles. The lowest BCUT2D eigenvalue weighted by Gasteiger charge is -2.33. The van der Waals surface area contributed by atoms with Crippen molar-refractivity contribution in [2.75, 3.05) is 7.05 Å². The Labute approximate surface area is 77.1 Å². The van der Waals surface area contributed by atoms with Gasteiger partial charge in [-0.1, -0.05) is 6.42 Å². The lowest BCUT2D eigenvalue weighted by atomic mass is 10.0. The SMILES string of the molecule is CN1C(=O)C2CCCC2NC1=S. The first-order valence-corrected chi connectivity index (χ1v) is 4.69. The molecule has 66 valence electrons. The molecule has 0 aromatic carbocycles. The third-order valence-corrected chi connectivity index (χ3v) is 3.17. The fourth-order valence-corrected chi connectivity index (χ4v) is 2.27. The summed E-state index contributed by atoms with van der Waals surface area (Å²) >= 11 is 5.02. The molecule has 2 unspecified atom stereocenters. The number of hydrogen-bond donors (Lipinski definition) is 1. The maximum atomic E-state index is 11.6. The normalized spacial score (nSPS) is 34.9. The molecule has 12 heavy (non-hydrogen) atoms. The summed E-state index contributed by atoms with van der Waals surface area (Å²) in [6.45, 7) is 0. The van der Waals surface area contributed by atoms with E-state index in [2.05, 4.69) is 5.32 Å². The standard InChI is InChI=1S/C8H12N2OS/c1-10-7(11)5-3-2-4-6(5)9-8(10)12/h5-6H,2-4H2,1H3,(H,9,12). The van der Waals surface area contributed by atoms with Crippen LogP contribution in [0.5, 0.6) is 0 Å². The minimum absolute atomic E-state index is 0.182. The zero-order valence-corrected chi connectivity index (χ0v) is 7.86. The Morgan fingerprint density at radius 1 is 1.58 bits per heavy atom. The molecule has 0 aromatic heterocycles. The molecule has 2 aliphatic rings. The van der Waals surface area contributed by atoms with E-state index < -0.39 is 0 Å². The molecule has 1 saturated heterocycles. The lowest BCUT2D eigenvalue weighted by Crippen LogP contribution is -2.56. The first kappa shape index (κ1) is 7.98. The van der Waals surface area contributed by atoms with Crippen LogP contribution >= 0.6 is 12.2 Å². The van der Waals surface area contributed by atoms with Crippen LogP contribution in [0, 0.1) is 5.92 Å². The van der Waals surface area contributed by atoms with E-state index in [-0.39, 0.29) is 11.8 Å². The van der Waals surface area contributed by atoms with E-state index in [0.717, 1.165) is 19.3 Å². The van der Waals surface area contributed by atoms with Crippen molar-refractivity contribution in [2.24, 2.45) is 5.92 Å². The maximum Gasteiger partial charge on any atom is 0.233 e. The van der Waals surface area contributed by atoms with Gasteiger partial charge in [0.1, 0.15) is 0 Å². The smallest absolute Gasteiger partial charge is 0.233 e. The van der Waals surface area contributed by atoms with Gasteiger partial charge in [0.25, 0.3) is 0 Å². The van der Waals surface area contributed by atoms with Crippen LogP contribution in [0.15, 0.2) is 0 Å². The van der Waals surface area contributed by atoms with Crippen molar-refractivity contribution >= 4 is 23.2 Å². The lowest BCUT2D eigenvalue weighted by molar-refractivity contribution is -0.132. The number of rotatable bonds is 0. The molecule has 1 aliphatic carbocycles. The van der Waals surface area contributed by atoms with Crippen molar-refractivity contribution < 1.29 is 4.79 Å². The van der Waals surface area contributed by atoms with Crippen LogP contribution in [0.1, 0.15) is 19.3 Å². The van der Waals surface area contributed by atoms with Gasteiger partial charge in [0.15, 0.2) is 5.11 Å². The third-order valence-electron chi connectivity index (χ3n) is 2.78. The molecule has 1 heterocycles. The Morgan fingerprint density at radius 3 is 3.08 bits per heavy atom. The molecule has 2 fully saturated rings. The Balaban J connectivity index is 2.21. The van der Waals surface area contributed by atoms with Gasteiger partial charge in [0, 0.05) is 13.1 Å². The van der Waals surface area contributed by atoms with Gasteiger partial charge in [-0.25, -0.2) is 0 Å². The summed E-state index contributed by atoms with van der Waals surface area (Å²) in [6, 6.07) is 0.321. The van der Waals surface area contributed by atoms with Gasteiger partial charge < -0.3 is 5.32 Å². The number of nitrogens with zero attached hydrogens (tertiary/aromatic N) is 1. The quantitative estimate of drug-likeness (QED) is 0.556. The summed E-state index contributed by atoms with van der Waals surface area (Å²) in [4.78, 5) is 13.2. The Kier molecular flexibility index (Phi) is 1.79. The van der Waals surface area contributed by atoms with E-state index >= 15 is 0 Å². The van der Waals surface area contributed by atoms with Crippen LogP contribution in [0.25, 0.3) is 0 Å². The molecule has 2 atom stereocenters. The number of carbonyl (C=O) groups excluding carboxylic acids is 1. The Bertz CT molecular complexity index is 241. The highest BCUT2D eigenvalue weighted by Gasteiger charge is 2.40. The molecule has 1 N–H and O–H groups in total. The van der Waals surface area contributed by atoms with Gasteiger partial charge >= 0.3 is 0 Å². The summed E-state index contributed by atoms with van der Waals surface area (Å²) in [5.74, 6) is 0.378. The third kappa shape index (κ3) is 1.02. The number of hydrogen-bond acceptors (Lipinski definition) is 2. The van der Waals surface area contributed by atoms with Crippen LogP contribution < -0.4 is 5.32 Å². The van der Waals surface area contributed by atoms with Crippen LogP contribution in [0.2, 0.25) is 0 Å². The summed E-state index contributed by atoms with van der Waals surface area (Å²) in [6.07, 6.45) is 3.25. The molecule has 0 bridgehead atoms. The molecular formula is C8H12N2OS. The second-order valence-corrected chi connectivity index (χ2v) is 3.88. The number of fused-ring (bicyclic) bond motifs is 1. The summed E-state index contributed by atoms with van der Waals surface area (Å²) < 4.78 is 0. The van der Waals surface area contributed by atoms with Crippen LogP contribution in [0.4, 0.5) is 0 Å². The molecule has 0 radical (unpaired) electrons. The number of thiocarbonyl (C=S) groups is 1. The van der Waals surface area contributed by atoms with E-state index in [9.17, 15) is 4.79 Å². The fraction of sp³-hybridized carbons (Fsp3) is 0.750. The molecule has 0 aromatic rings. The van der Waals surface area contributed by atoms with E-state index in [1.807, 2.05) is 0 Å². The van der Waals surface area contributed by atoms with Crippen molar-refractivity contribution in [1.29, 1.82) is 0 Å². The average Bonchev–Trinajstić information content (AvgIpc) is 2.48. The van der Waals surface area contributed by atoms with Crippen molar-refractivity contribution in [1.82, 2.24) is 10.2 Å². The minimum Gasteiger partial charge on any atom is -0.359 e. The highest BCUT2D eigenvalue weighted by atomic mass is 32.1. The van der Waals surface area contributed by atoms with Crippen molar-refractivity contribution in [3.8, 4) is 0 Å². The molecule has 3 nitrogen and oxygen atoms in total. The second kappa shape index (κ2) is 2.69. The molecular weight excluding hydrogens is 172 g/mol. The van der Waals surface area contributed by atoms with Crippen LogP contribution in [-0.2, 0) is 4.79 Å². The Morgan fingerprint density at radius 2 is 2.33 bits per heavy atom. The summed E-state index contributed by atoms with van der Waals surface area (Å²) in [7, 11) is 1.74. The van der Waals surface area contributed by atoms with Gasteiger partial charge in [-0.15, -0.1) is 0 Å². The predicted octanol–water partition coefficient (Wildman–Crippen LogP) is 0.502. The topological polar surface area (TPSA) is 32.3 Å². The monoisotopic (exact) mass is 184 g/mol. The highest BCUT2D eigenvalue weighted by Crippen LogP contribution is 2.29. The number of nitrogens with one attached hydrogen (secondary N) is 1. The van der Waals surface area contributed by atoms with Gasteiger partial charge in [-0.05, 0) is 25.1 Å². The molecule has 0 spiro atoms. The second-order valence-electron chi connectivity index (χ2n) is 3.49. The molecule has 4 heteroatoms. The number of amides is 1. The van der Waals surface area contributed by atoms with Crippen molar-refractivity contribution in [2.45, 2.75) is 25.3 Å². The highest BCUT2D eigenvalue weighted by molar-refractivity contribution is 7.80. The van der Waals surface area contributed by atoms with E-state index in [0.29, 0.717) is 11.2 Å². The number of carbonyl (C=O) groups is 1. The summed E-state index contributed by atoms with van der Waals surface area (Å²) in [5, 5.41) is 3.78. The molecule has 1 saturated carbocycles. The van der Waals surface area contributed by atoms with Crippen LogP contribution in [-0.4, -0.2) is 29.0 Å². The fourth-order valence-electron chi connectivity index (χ4n) is 2.03. The zero-order chi connectivity index (χ0) is 8.72. The van der Waals surface area contributed by atoms with E-state index in [1.54, 1.807) is 11.9 Å². The predicted molar refractivity (Wildman–Crippen MR) is 49.6 cm³/mol. The van der Waals surface area contributed by atoms with Gasteiger partial charge in [-0.3, -0.25) is 9.69 Å². The molecule has 1 amide bonds. The average molecular weight is 184 g/mol.